The molecule has 0 spiro atoms. The topological polar surface area (TPSA) is 195 Å². The summed E-state index contributed by atoms with van der Waals surface area (Å²) in [5.74, 6) is -9.43. The average Bonchev–Trinajstić information content (AvgIpc) is 2.96. The zero-order valence-corrected chi connectivity index (χ0v) is 20.8. The maximum absolute atomic E-state index is 13.2. The molecule has 4 rings (SSSR count). The van der Waals surface area contributed by atoms with Crippen LogP contribution >= 0.6 is 0 Å². The Morgan fingerprint density at radius 3 is 2.23 bits per heavy atom. The molecule has 4 aromatic rings. The Labute approximate surface area is 225 Å². The number of hydrogen-bond donors (Lipinski definition) is 3. The maximum Gasteiger partial charge on any atom is 0.375 e. The second-order valence-corrected chi connectivity index (χ2v) is 8.40. The van der Waals surface area contributed by atoms with Crippen LogP contribution in [0.25, 0.3) is 11.0 Å². The van der Waals surface area contributed by atoms with Gasteiger partial charge in [0.05, 0.1) is 29.4 Å². The van der Waals surface area contributed by atoms with Gasteiger partial charge in [0.25, 0.3) is 23.2 Å². The zero-order valence-electron chi connectivity index (χ0n) is 20.8. The number of para-hydroxylation sites is 1. The summed E-state index contributed by atoms with van der Waals surface area (Å²) in [6.45, 7) is 0. The molecule has 2 amide bonds. The molecule has 0 fully saturated rings. The van der Waals surface area contributed by atoms with E-state index in [1.807, 2.05) is 0 Å². The number of benzene rings is 3. The molecule has 12 nitrogen and oxygen atoms in total. The van der Waals surface area contributed by atoms with Crippen molar-refractivity contribution in [3.05, 3.63) is 106 Å². The number of rotatable bonds is 9. The average molecular weight is 540 g/mol. The van der Waals surface area contributed by atoms with E-state index in [0.717, 1.165) is 7.11 Å². The lowest BCUT2D eigenvalue weighted by atomic mass is 9.94. The number of nitrogens with one attached hydrogen (secondary N) is 2. The van der Waals surface area contributed by atoms with Crippen molar-refractivity contribution < 1.29 is 33.5 Å². The number of H-pyrrole nitrogens is 1. The van der Waals surface area contributed by atoms with Crippen molar-refractivity contribution in [2.24, 2.45) is 5.73 Å². The van der Waals surface area contributed by atoms with Crippen LogP contribution in [0.15, 0.2) is 77.6 Å². The molecule has 0 aliphatic heterocycles. The minimum atomic E-state index is -2.27. The van der Waals surface area contributed by atoms with E-state index in [1.54, 1.807) is 30.3 Å². The molecule has 1 unspecified atom stereocenters. The number of fused-ring (bicyclic) bond motifs is 1. The number of carbonyl (C=O) groups excluding carboxylic acids is 6. The fraction of sp³-hybridized carbons (Fsp3) is 0.0714. The number of Topliss-reactive ketones (excluding diaryl/α,β-unsaturated/α-hetero) is 2. The van der Waals surface area contributed by atoms with E-state index in [0.29, 0.717) is 5.56 Å². The minimum Gasteiger partial charge on any atom is -0.463 e. The fourth-order valence-electron chi connectivity index (χ4n) is 3.90. The van der Waals surface area contributed by atoms with Gasteiger partial charge < -0.3 is 20.8 Å². The highest BCUT2D eigenvalue weighted by Crippen LogP contribution is 2.21. The van der Waals surface area contributed by atoms with E-state index in [2.05, 4.69) is 20.0 Å². The molecule has 0 radical (unpaired) electrons. The van der Waals surface area contributed by atoms with Crippen LogP contribution in [0.5, 0.6) is 0 Å². The summed E-state index contributed by atoms with van der Waals surface area (Å²) in [5.41, 5.74) is 4.05. The number of amides is 2. The number of aromatic amines is 1. The van der Waals surface area contributed by atoms with Crippen LogP contribution in [0.1, 0.15) is 37.9 Å². The van der Waals surface area contributed by atoms with Crippen LogP contribution < -0.4 is 16.6 Å². The largest absolute Gasteiger partial charge is 0.463 e. The van der Waals surface area contributed by atoms with Crippen molar-refractivity contribution in [3.63, 3.8) is 0 Å². The van der Waals surface area contributed by atoms with Crippen molar-refractivity contribution in [3.8, 4) is 0 Å². The number of primary amides is 1. The van der Waals surface area contributed by atoms with E-state index in [1.165, 1.54) is 42.5 Å². The van der Waals surface area contributed by atoms with Crippen LogP contribution in [0, 0.1) is 0 Å². The summed E-state index contributed by atoms with van der Waals surface area (Å²) < 4.78 is 4.41. The molecule has 0 saturated heterocycles. The minimum absolute atomic E-state index is 0.0640. The number of aromatic nitrogens is 2. The Hall–Kier alpha value is -5.78. The summed E-state index contributed by atoms with van der Waals surface area (Å²) in [5, 5.41) is 2.17. The maximum atomic E-state index is 13.2. The third-order valence-electron chi connectivity index (χ3n) is 5.87. The number of ketones is 3. The van der Waals surface area contributed by atoms with Crippen molar-refractivity contribution in [2.45, 2.75) is 5.92 Å². The molecule has 0 saturated carbocycles. The smallest absolute Gasteiger partial charge is 0.375 e. The molecule has 0 aliphatic rings. The molecule has 4 N–H and O–H groups in total. The zero-order chi connectivity index (χ0) is 29.0. The van der Waals surface area contributed by atoms with Crippen molar-refractivity contribution in [1.29, 1.82) is 0 Å². The number of nitrogens with two attached hydrogens (primary N) is 1. The van der Waals surface area contributed by atoms with E-state index in [9.17, 15) is 33.6 Å². The molecule has 3 aromatic carbocycles. The number of nitrogens with zero attached hydrogens (tertiary/aromatic N) is 1. The number of esters is 1. The normalized spacial score (nSPS) is 11.3. The van der Waals surface area contributed by atoms with Gasteiger partial charge in [-0.2, -0.15) is 0 Å². The lowest BCUT2D eigenvalue weighted by Crippen LogP contribution is -2.39. The van der Waals surface area contributed by atoms with Crippen LogP contribution in [-0.4, -0.2) is 52.2 Å². The predicted octanol–water partition coefficient (Wildman–Crippen LogP) is 1.29. The number of anilines is 1. The van der Waals surface area contributed by atoms with Crippen LogP contribution in [0.4, 0.5) is 5.69 Å². The number of methoxy groups -OCH3 is 1. The number of carbonyl (C=O) groups is 6. The summed E-state index contributed by atoms with van der Waals surface area (Å²) in [6, 6.07) is 18.1. The standard InChI is InChI=1S/C28H20N4O8/c1-40-28(39)24(35)20(23(34)27(38)31-17-10-6-5-9-16(17)25(29)36)21-26(37)32-19-13-15(11-12-18(19)30-21)22(33)14-7-3-2-4-8-14/h2-13,20H,1H3,(H2,29,36)(H,31,38)(H,32,37). The second-order valence-electron chi connectivity index (χ2n) is 8.40. The molecule has 40 heavy (non-hydrogen) atoms. The lowest BCUT2D eigenvalue weighted by molar-refractivity contribution is -0.154. The molecule has 12 heteroatoms. The third-order valence-corrected chi connectivity index (χ3v) is 5.87. The van der Waals surface area contributed by atoms with Crippen LogP contribution in [0.3, 0.4) is 0 Å². The molecule has 1 aromatic heterocycles. The molecule has 200 valence electrons. The molecular weight excluding hydrogens is 520 g/mol. The first kappa shape index (κ1) is 27.3. The van der Waals surface area contributed by atoms with Gasteiger partial charge >= 0.3 is 5.97 Å². The summed E-state index contributed by atoms with van der Waals surface area (Å²) >= 11 is 0. The Morgan fingerprint density at radius 1 is 0.875 bits per heavy atom. The van der Waals surface area contributed by atoms with Crippen LogP contribution in [0.2, 0.25) is 0 Å². The molecule has 1 heterocycles. The predicted molar refractivity (Wildman–Crippen MR) is 141 cm³/mol. The van der Waals surface area contributed by atoms with E-state index in [4.69, 9.17) is 5.73 Å². The SMILES string of the molecule is COC(=O)C(=O)C(C(=O)C(=O)Nc1ccccc1C(N)=O)c1nc2ccc(C(=O)c3ccccc3)cc2[nH]c1=O. The van der Waals surface area contributed by atoms with Crippen molar-refractivity contribution in [2.75, 3.05) is 12.4 Å². The highest BCUT2D eigenvalue weighted by molar-refractivity contribution is 6.52. The highest BCUT2D eigenvalue weighted by Gasteiger charge is 2.40. The molecular formula is C28H20N4O8. The Kier molecular flexibility index (Phi) is 7.71. The van der Waals surface area contributed by atoms with E-state index in [-0.39, 0.29) is 33.6 Å². The Morgan fingerprint density at radius 2 is 1.55 bits per heavy atom. The van der Waals surface area contributed by atoms with Gasteiger partial charge in [-0.3, -0.25) is 28.8 Å². The summed E-state index contributed by atoms with van der Waals surface area (Å²) in [7, 11) is 0.883. The van der Waals surface area contributed by atoms with Gasteiger partial charge in [0.1, 0.15) is 11.6 Å². The summed E-state index contributed by atoms with van der Waals surface area (Å²) in [6.07, 6.45) is 0. The summed E-state index contributed by atoms with van der Waals surface area (Å²) in [4.78, 5) is 95.0. The highest BCUT2D eigenvalue weighted by atomic mass is 16.5. The molecule has 0 aliphatic carbocycles. The quantitative estimate of drug-likeness (QED) is 0.121. The van der Waals surface area contributed by atoms with Crippen molar-refractivity contribution in [1.82, 2.24) is 9.97 Å². The Balaban J connectivity index is 1.74. The monoisotopic (exact) mass is 540 g/mol. The molecule has 1 atom stereocenters. The number of ether oxygens (including phenoxy) is 1. The van der Waals surface area contributed by atoms with E-state index < -0.39 is 46.5 Å². The van der Waals surface area contributed by atoms with Gasteiger partial charge in [0.2, 0.25) is 5.78 Å². The first-order chi connectivity index (χ1) is 19.1. The second kappa shape index (κ2) is 11.3. The van der Waals surface area contributed by atoms with Crippen molar-refractivity contribution >= 4 is 51.9 Å². The third kappa shape index (κ3) is 5.41. The fourth-order valence-corrected chi connectivity index (χ4v) is 3.90. The lowest BCUT2D eigenvalue weighted by Gasteiger charge is -2.14. The Bertz CT molecular complexity index is 1760. The first-order valence-electron chi connectivity index (χ1n) is 11.6. The van der Waals surface area contributed by atoms with Gasteiger partial charge in [-0.1, -0.05) is 42.5 Å². The van der Waals surface area contributed by atoms with Gasteiger partial charge in [-0.05, 0) is 30.3 Å². The molecule has 0 bridgehead atoms. The van der Waals surface area contributed by atoms with Gasteiger partial charge in [0.15, 0.2) is 5.78 Å². The first-order valence-corrected chi connectivity index (χ1v) is 11.6. The van der Waals surface area contributed by atoms with Gasteiger partial charge in [-0.15, -0.1) is 0 Å². The van der Waals surface area contributed by atoms with E-state index >= 15 is 0 Å². The van der Waals surface area contributed by atoms with Gasteiger partial charge in [0, 0.05) is 11.1 Å². The van der Waals surface area contributed by atoms with Crippen LogP contribution in [-0.2, 0) is 23.9 Å². The van der Waals surface area contributed by atoms with Gasteiger partial charge in [-0.25, -0.2) is 9.78 Å². The number of hydrogen-bond acceptors (Lipinski definition) is 9.